The lowest BCUT2D eigenvalue weighted by Crippen LogP contribution is -2.37. The van der Waals surface area contributed by atoms with Gasteiger partial charge in [-0.2, -0.15) is 0 Å². The van der Waals surface area contributed by atoms with Crippen LogP contribution in [0.15, 0.2) is 48.5 Å². The topological polar surface area (TPSA) is 47.6 Å². The Labute approximate surface area is 141 Å². The number of amides is 1. The van der Waals surface area contributed by atoms with E-state index in [1.807, 2.05) is 31.2 Å². The van der Waals surface area contributed by atoms with Crippen LogP contribution >= 0.6 is 11.6 Å². The fourth-order valence-corrected chi connectivity index (χ4v) is 2.28. The van der Waals surface area contributed by atoms with E-state index in [-0.39, 0.29) is 11.9 Å². The number of methoxy groups -OCH3 is 1. The van der Waals surface area contributed by atoms with Crippen LogP contribution < -0.4 is 14.8 Å². The molecule has 0 aromatic heterocycles. The number of halogens is 1. The van der Waals surface area contributed by atoms with Crippen LogP contribution in [0.1, 0.15) is 25.5 Å². The third kappa shape index (κ3) is 4.89. The molecule has 122 valence electrons. The van der Waals surface area contributed by atoms with E-state index in [1.54, 1.807) is 38.3 Å². The summed E-state index contributed by atoms with van der Waals surface area (Å²) in [6.45, 7) is 3.63. The Hall–Kier alpha value is -2.20. The first kappa shape index (κ1) is 17.2. The molecule has 1 N–H and O–H groups in total. The maximum Gasteiger partial charge on any atom is 0.261 e. The van der Waals surface area contributed by atoms with Crippen molar-refractivity contribution in [2.45, 2.75) is 26.0 Å². The summed E-state index contributed by atoms with van der Waals surface area (Å²) in [6, 6.07) is 14.4. The van der Waals surface area contributed by atoms with Gasteiger partial charge in [-0.05, 0) is 49.7 Å². The number of nitrogens with one attached hydrogen (secondary N) is 1. The lowest BCUT2D eigenvalue weighted by molar-refractivity contribution is -0.127. The van der Waals surface area contributed by atoms with Gasteiger partial charge in [-0.3, -0.25) is 4.79 Å². The highest BCUT2D eigenvalue weighted by Crippen LogP contribution is 2.20. The van der Waals surface area contributed by atoms with Crippen molar-refractivity contribution in [1.82, 2.24) is 5.32 Å². The van der Waals surface area contributed by atoms with Gasteiger partial charge < -0.3 is 14.8 Å². The van der Waals surface area contributed by atoms with Crippen molar-refractivity contribution in [2.75, 3.05) is 7.11 Å². The van der Waals surface area contributed by atoms with Crippen LogP contribution in [0.3, 0.4) is 0 Å². The molecule has 0 saturated heterocycles. The molecule has 23 heavy (non-hydrogen) atoms. The maximum atomic E-state index is 12.2. The molecule has 0 heterocycles. The number of hydrogen-bond acceptors (Lipinski definition) is 3. The number of benzene rings is 2. The van der Waals surface area contributed by atoms with Crippen molar-refractivity contribution in [3.63, 3.8) is 0 Å². The molecular formula is C18H20ClNO3. The molecule has 0 fully saturated rings. The van der Waals surface area contributed by atoms with Gasteiger partial charge in [0.15, 0.2) is 6.10 Å². The number of hydrogen-bond donors (Lipinski definition) is 1. The van der Waals surface area contributed by atoms with Crippen LogP contribution in [-0.4, -0.2) is 19.1 Å². The lowest BCUT2D eigenvalue weighted by atomic mass is 10.1. The van der Waals surface area contributed by atoms with Gasteiger partial charge in [-0.25, -0.2) is 0 Å². The van der Waals surface area contributed by atoms with E-state index in [2.05, 4.69) is 5.32 Å². The molecule has 5 heteroatoms. The Morgan fingerprint density at radius 2 is 1.78 bits per heavy atom. The zero-order chi connectivity index (χ0) is 16.8. The lowest BCUT2D eigenvalue weighted by Gasteiger charge is -2.19. The van der Waals surface area contributed by atoms with E-state index >= 15 is 0 Å². The normalized spacial score (nSPS) is 13.0. The fourth-order valence-electron chi connectivity index (χ4n) is 2.10. The molecule has 0 radical (unpaired) electrons. The summed E-state index contributed by atoms with van der Waals surface area (Å²) in [7, 11) is 1.62. The minimum Gasteiger partial charge on any atom is -0.497 e. The van der Waals surface area contributed by atoms with Crippen molar-refractivity contribution in [3.8, 4) is 11.5 Å². The van der Waals surface area contributed by atoms with Crippen LogP contribution in [0.4, 0.5) is 0 Å². The molecule has 1 amide bonds. The standard InChI is InChI=1S/C18H20ClNO3/c1-12(14-7-9-16(22-3)10-8-14)20-18(21)13(2)23-17-6-4-5-15(19)11-17/h4-13H,1-3H3,(H,20,21)/t12-,13-/m0/s1. The Morgan fingerprint density at radius 3 is 2.39 bits per heavy atom. The minimum absolute atomic E-state index is 0.126. The highest BCUT2D eigenvalue weighted by molar-refractivity contribution is 6.30. The molecule has 0 bridgehead atoms. The largest absolute Gasteiger partial charge is 0.497 e. The van der Waals surface area contributed by atoms with Gasteiger partial charge >= 0.3 is 0 Å². The summed E-state index contributed by atoms with van der Waals surface area (Å²) < 4.78 is 10.7. The molecule has 2 aromatic carbocycles. The highest BCUT2D eigenvalue weighted by atomic mass is 35.5. The van der Waals surface area contributed by atoms with Crippen LogP contribution in [0.5, 0.6) is 11.5 Å². The quantitative estimate of drug-likeness (QED) is 0.869. The zero-order valence-electron chi connectivity index (χ0n) is 13.4. The van der Waals surface area contributed by atoms with E-state index in [0.717, 1.165) is 11.3 Å². The molecule has 0 aliphatic carbocycles. The molecule has 2 atom stereocenters. The van der Waals surface area contributed by atoms with Gasteiger partial charge in [0, 0.05) is 5.02 Å². The number of carbonyl (C=O) groups excluding carboxylic acids is 1. The Bertz CT molecular complexity index is 658. The fraction of sp³-hybridized carbons (Fsp3) is 0.278. The van der Waals surface area contributed by atoms with Crippen LogP contribution in [0.25, 0.3) is 0 Å². The number of ether oxygens (including phenoxy) is 2. The summed E-state index contributed by atoms with van der Waals surface area (Å²) in [5, 5.41) is 3.50. The monoisotopic (exact) mass is 333 g/mol. The Balaban J connectivity index is 1.94. The van der Waals surface area contributed by atoms with E-state index in [0.29, 0.717) is 10.8 Å². The van der Waals surface area contributed by atoms with Crippen LogP contribution in [0, 0.1) is 0 Å². The smallest absolute Gasteiger partial charge is 0.261 e. The first-order valence-corrected chi connectivity index (χ1v) is 7.74. The van der Waals surface area contributed by atoms with E-state index < -0.39 is 6.10 Å². The maximum absolute atomic E-state index is 12.2. The third-order valence-electron chi connectivity index (χ3n) is 3.45. The number of rotatable bonds is 6. The predicted octanol–water partition coefficient (Wildman–Crippen LogP) is 3.99. The zero-order valence-corrected chi connectivity index (χ0v) is 14.1. The second kappa shape index (κ2) is 7.88. The third-order valence-corrected chi connectivity index (χ3v) is 3.69. The first-order chi connectivity index (χ1) is 11.0. The van der Waals surface area contributed by atoms with Gasteiger partial charge in [-0.1, -0.05) is 29.8 Å². The SMILES string of the molecule is COc1ccc([C@H](C)NC(=O)[C@H](C)Oc2cccc(Cl)c2)cc1. The summed E-state index contributed by atoms with van der Waals surface area (Å²) in [5.74, 6) is 1.16. The van der Waals surface area contributed by atoms with Crippen molar-refractivity contribution in [2.24, 2.45) is 0 Å². The molecule has 0 saturated carbocycles. The predicted molar refractivity (Wildman–Crippen MR) is 91.1 cm³/mol. The van der Waals surface area contributed by atoms with Crippen LogP contribution in [0.2, 0.25) is 5.02 Å². The Morgan fingerprint density at radius 1 is 1.09 bits per heavy atom. The molecule has 0 aliphatic heterocycles. The average Bonchev–Trinajstić information content (AvgIpc) is 2.54. The second-order valence-electron chi connectivity index (χ2n) is 5.22. The highest BCUT2D eigenvalue weighted by Gasteiger charge is 2.17. The van der Waals surface area contributed by atoms with E-state index in [9.17, 15) is 4.79 Å². The van der Waals surface area contributed by atoms with Crippen molar-refractivity contribution < 1.29 is 14.3 Å². The van der Waals surface area contributed by atoms with Gasteiger partial charge in [0.1, 0.15) is 11.5 Å². The number of carbonyl (C=O) groups is 1. The second-order valence-corrected chi connectivity index (χ2v) is 5.66. The van der Waals surface area contributed by atoms with Crippen molar-refractivity contribution >= 4 is 17.5 Å². The minimum atomic E-state index is -0.617. The molecule has 0 spiro atoms. The molecule has 0 aliphatic rings. The molecule has 0 unspecified atom stereocenters. The van der Waals surface area contributed by atoms with Crippen molar-refractivity contribution in [1.29, 1.82) is 0 Å². The molecular weight excluding hydrogens is 314 g/mol. The van der Waals surface area contributed by atoms with Gasteiger partial charge in [0.2, 0.25) is 0 Å². The Kier molecular flexibility index (Phi) is 5.88. The summed E-state index contributed by atoms with van der Waals surface area (Å²) in [4.78, 5) is 12.2. The summed E-state index contributed by atoms with van der Waals surface area (Å²) in [5.41, 5.74) is 0.995. The van der Waals surface area contributed by atoms with Gasteiger partial charge in [0.25, 0.3) is 5.91 Å². The molecule has 4 nitrogen and oxygen atoms in total. The summed E-state index contributed by atoms with van der Waals surface area (Å²) >= 11 is 5.91. The average molecular weight is 334 g/mol. The van der Waals surface area contributed by atoms with Crippen LogP contribution in [-0.2, 0) is 4.79 Å². The van der Waals surface area contributed by atoms with Gasteiger partial charge in [0.05, 0.1) is 13.2 Å². The summed E-state index contributed by atoms with van der Waals surface area (Å²) in [6.07, 6.45) is -0.617. The first-order valence-electron chi connectivity index (χ1n) is 7.36. The molecule has 2 rings (SSSR count). The van der Waals surface area contributed by atoms with E-state index in [4.69, 9.17) is 21.1 Å². The molecule has 2 aromatic rings. The van der Waals surface area contributed by atoms with Crippen molar-refractivity contribution in [3.05, 3.63) is 59.1 Å². The van der Waals surface area contributed by atoms with Gasteiger partial charge in [-0.15, -0.1) is 0 Å². The van der Waals surface area contributed by atoms with E-state index in [1.165, 1.54) is 0 Å².